The van der Waals surface area contributed by atoms with Gasteiger partial charge in [0, 0.05) is 12.3 Å². The first-order valence-electron chi connectivity index (χ1n) is 6.55. The molecule has 0 aliphatic carbocycles. The number of hydrogen-bond acceptors (Lipinski definition) is 3. The Bertz CT molecular complexity index is 238. The Balaban J connectivity index is 2.33. The molecule has 1 aliphatic heterocycles. The van der Waals surface area contributed by atoms with E-state index in [1.807, 2.05) is 0 Å². The molecular formula is C13H24INO2. The quantitative estimate of drug-likeness (QED) is 0.345. The van der Waals surface area contributed by atoms with Crippen molar-refractivity contribution in [2.45, 2.75) is 51.6 Å². The van der Waals surface area contributed by atoms with E-state index in [1.54, 1.807) is 0 Å². The van der Waals surface area contributed by atoms with E-state index in [-0.39, 0.29) is 11.6 Å². The average molecular weight is 353 g/mol. The van der Waals surface area contributed by atoms with E-state index in [0.29, 0.717) is 12.3 Å². The summed E-state index contributed by atoms with van der Waals surface area (Å²) in [5.74, 6) is 0.468. The van der Waals surface area contributed by atoms with Gasteiger partial charge in [-0.25, -0.2) is 0 Å². The van der Waals surface area contributed by atoms with Crippen molar-refractivity contribution in [3.63, 3.8) is 0 Å². The molecule has 0 aromatic heterocycles. The van der Waals surface area contributed by atoms with Gasteiger partial charge in [0.2, 0.25) is 0 Å². The molecule has 0 amide bonds. The lowest BCUT2D eigenvalue weighted by Gasteiger charge is -2.36. The van der Waals surface area contributed by atoms with Gasteiger partial charge in [0.25, 0.3) is 0 Å². The molecule has 0 spiro atoms. The van der Waals surface area contributed by atoms with Crippen LogP contribution in [0.2, 0.25) is 0 Å². The Morgan fingerprint density at radius 2 is 2.00 bits per heavy atom. The second-order valence-electron chi connectivity index (χ2n) is 5.25. The lowest BCUT2D eigenvalue weighted by molar-refractivity contribution is -0.162. The van der Waals surface area contributed by atoms with Crippen molar-refractivity contribution in [2.75, 3.05) is 17.5 Å². The third kappa shape index (κ3) is 5.55. The summed E-state index contributed by atoms with van der Waals surface area (Å²) in [5, 5.41) is 3.34. The van der Waals surface area contributed by atoms with E-state index >= 15 is 0 Å². The van der Waals surface area contributed by atoms with Gasteiger partial charge >= 0.3 is 5.97 Å². The fourth-order valence-corrected chi connectivity index (χ4v) is 2.85. The molecule has 1 heterocycles. The molecule has 17 heavy (non-hydrogen) atoms. The van der Waals surface area contributed by atoms with Gasteiger partial charge in [0.15, 0.2) is 0 Å². The van der Waals surface area contributed by atoms with Crippen LogP contribution in [0.25, 0.3) is 0 Å². The Kier molecular flexibility index (Phi) is 6.77. The van der Waals surface area contributed by atoms with Gasteiger partial charge in [0.1, 0.15) is 5.60 Å². The van der Waals surface area contributed by atoms with Crippen LogP contribution in [0, 0.1) is 5.92 Å². The van der Waals surface area contributed by atoms with Crippen LogP contribution in [0.1, 0.15) is 46.0 Å². The molecule has 1 rings (SSSR count). The number of alkyl halides is 1. The third-order valence-corrected chi connectivity index (χ3v) is 4.23. The number of piperidine rings is 1. The van der Waals surface area contributed by atoms with Crippen LogP contribution < -0.4 is 5.32 Å². The van der Waals surface area contributed by atoms with Gasteiger partial charge in [-0.2, -0.15) is 0 Å². The Labute approximate surface area is 118 Å². The molecule has 0 saturated carbocycles. The zero-order valence-corrected chi connectivity index (χ0v) is 13.1. The predicted molar refractivity (Wildman–Crippen MR) is 78.5 cm³/mol. The van der Waals surface area contributed by atoms with Crippen molar-refractivity contribution in [1.82, 2.24) is 5.32 Å². The van der Waals surface area contributed by atoms with Crippen molar-refractivity contribution in [3.05, 3.63) is 0 Å². The molecule has 0 radical (unpaired) electrons. The summed E-state index contributed by atoms with van der Waals surface area (Å²) >= 11 is 2.34. The fraction of sp³-hybridized carbons (Fsp3) is 0.923. The summed E-state index contributed by atoms with van der Waals surface area (Å²) in [5.41, 5.74) is -0.302. The second-order valence-corrected chi connectivity index (χ2v) is 6.33. The van der Waals surface area contributed by atoms with Crippen LogP contribution in [-0.2, 0) is 9.53 Å². The SMILES string of the molecule is CC(C)(OC(=O)CCCCI)C1CCNCC1. The van der Waals surface area contributed by atoms with Crippen LogP contribution in [0.3, 0.4) is 0 Å². The maximum absolute atomic E-state index is 11.7. The molecule has 3 nitrogen and oxygen atoms in total. The second kappa shape index (κ2) is 7.56. The lowest BCUT2D eigenvalue weighted by Crippen LogP contribution is -2.42. The highest BCUT2D eigenvalue weighted by atomic mass is 127. The summed E-state index contributed by atoms with van der Waals surface area (Å²) in [6.07, 6.45) is 4.83. The minimum absolute atomic E-state index is 0.0293. The van der Waals surface area contributed by atoms with Gasteiger partial charge in [-0.05, 0) is 57.0 Å². The number of esters is 1. The number of nitrogens with one attached hydrogen (secondary N) is 1. The smallest absolute Gasteiger partial charge is 0.306 e. The monoisotopic (exact) mass is 353 g/mol. The van der Waals surface area contributed by atoms with E-state index in [9.17, 15) is 4.79 Å². The normalized spacial score (nSPS) is 18.1. The van der Waals surface area contributed by atoms with E-state index in [0.717, 1.165) is 43.2 Å². The first kappa shape index (κ1) is 15.2. The average Bonchev–Trinajstić information content (AvgIpc) is 2.30. The summed E-state index contributed by atoms with van der Waals surface area (Å²) in [6, 6.07) is 0. The first-order chi connectivity index (χ1) is 8.06. The maximum Gasteiger partial charge on any atom is 0.306 e. The van der Waals surface area contributed by atoms with Crippen molar-refractivity contribution < 1.29 is 9.53 Å². The standard InChI is InChI=1S/C13H24INO2/c1-13(2,11-6-9-15-10-7-11)17-12(16)5-3-4-8-14/h11,15H,3-10H2,1-2H3. The minimum atomic E-state index is -0.302. The van der Waals surface area contributed by atoms with Gasteiger partial charge in [-0.3, -0.25) is 4.79 Å². The molecule has 1 saturated heterocycles. The molecule has 1 N–H and O–H groups in total. The van der Waals surface area contributed by atoms with Crippen LogP contribution in [0.4, 0.5) is 0 Å². The fourth-order valence-electron chi connectivity index (χ4n) is 2.31. The van der Waals surface area contributed by atoms with Crippen molar-refractivity contribution in [2.24, 2.45) is 5.92 Å². The number of carbonyl (C=O) groups excluding carboxylic acids is 1. The Morgan fingerprint density at radius 3 is 2.59 bits per heavy atom. The largest absolute Gasteiger partial charge is 0.459 e. The Morgan fingerprint density at radius 1 is 1.35 bits per heavy atom. The highest BCUT2D eigenvalue weighted by molar-refractivity contribution is 14.1. The van der Waals surface area contributed by atoms with E-state index in [1.165, 1.54) is 0 Å². The number of carbonyl (C=O) groups is 1. The Hall–Kier alpha value is 0.160. The molecule has 1 aliphatic rings. The van der Waals surface area contributed by atoms with E-state index < -0.39 is 0 Å². The van der Waals surface area contributed by atoms with Gasteiger partial charge in [0.05, 0.1) is 0 Å². The molecule has 0 aromatic carbocycles. The molecular weight excluding hydrogens is 329 g/mol. The molecule has 0 atom stereocenters. The first-order valence-corrected chi connectivity index (χ1v) is 8.07. The molecule has 1 fully saturated rings. The summed E-state index contributed by atoms with van der Waals surface area (Å²) < 4.78 is 6.77. The van der Waals surface area contributed by atoms with Crippen LogP contribution in [0.15, 0.2) is 0 Å². The van der Waals surface area contributed by atoms with Gasteiger partial charge in [-0.15, -0.1) is 0 Å². The van der Waals surface area contributed by atoms with Crippen molar-refractivity contribution >= 4 is 28.6 Å². The van der Waals surface area contributed by atoms with Crippen molar-refractivity contribution in [3.8, 4) is 0 Å². The summed E-state index contributed by atoms with van der Waals surface area (Å²) in [7, 11) is 0. The number of rotatable bonds is 6. The number of unbranched alkanes of at least 4 members (excludes halogenated alkanes) is 1. The topological polar surface area (TPSA) is 38.3 Å². The minimum Gasteiger partial charge on any atom is -0.459 e. The summed E-state index contributed by atoms with van der Waals surface area (Å²) in [4.78, 5) is 11.7. The number of halogens is 1. The molecule has 4 heteroatoms. The van der Waals surface area contributed by atoms with Gasteiger partial charge in [-0.1, -0.05) is 22.6 Å². The highest BCUT2D eigenvalue weighted by Crippen LogP contribution is 2.29. The molecule has 100 valence electrons. The zero-order valence-electron chi connectivity index (χ0n) is 10.9. The van der Waals surface area contributed by atoms with Gasteiger partial charge < -0.3 is 10.1 Å². The molecule has 0 bridgehead atoms. The third-order valence-electron chi connectivity index (χ3n) is 3.46. The lowest BCUT2D eigenvalue weighted by atomic mass is 9.83. The summed E-state index contributed by atoms with van der Waals surface area (Å²) in [6.45, 7) is 6.19. The predicted octanol–water partition coefficient (Wildman–Crippen LogP) is 2.91. The maximum atomic E-state index is 11.7. The highest BCUT2D eigenvalue weighted by Gasteiger charge is 2.33. The molecule has 0 aromatic rings. The van der Waals surface area contributed by atoms with Crippen LogP contribution in [-0.4, -0.2) is 29.1 Å². The number of hydrogen-bond donors (Lipinski definition) is 1. The number of ether oxygens (including phenoxy) is 1. The van der Waals surface area contributed by atoms with Crippen molar-refractivity contribution in [1.29, 1.82) is 0 Å². The van der Waals surface area contributed by atoms with E-state index in [4.69, 9.17) is 4.74 Å². The van der Waals surface area contributed by atoms with Crippen LogP contribution in [0.5, 0.6) is 0 Å². The van der Waals surface area contributed by atoms with Crippen LogP contribution >= 0.6 is 22.6 Å². The zero-order chi connectivity index (χ0) is 12.7. The van der Waals surface area contributed by atoms with E-state index in [2.05, 4.69) is 41.8 Å². The molecule has 0 unspecified atom stereocenters.